The van der Waals surface area contributed by atoms with Crippen LogP contribution in [0.5, 0.6) is 0 Å². The molecule has 2 saturated heterocycles. The summed E-state index contributed by atoms with van der Waals surface area (Å²) in [7, 11) is 1.19. The molecule has 9 nitrogen and oxygen atoms in total. The van der Waals surface area contributed by atoms with Crippen molar-refractivity contribution in [2.75, 3.05) is 13.7 Å². The van der Waals surface area contributed by atoms with Crippen molar-refractivity contribution < 1.29 is 28.7 Å². The molecule has 2 aliphatic rings. The van der Waals surface area contributed by atoms with Crippen molar-refractivity contribution in [2.45, 2.75) is 44.4 Å². The van der Waals surface area contributed by atoms with E-state index in [4.69, 9.17) is 4.74 Å². The van der Waals surface area contributed by atoms with Crippen molar-refractivity contribution in [2.24, 2.45) is 0 Å². The third kappa shape index (κ3) is 2.83. The topological polar surface area (TPSA) is 114 Å². The van der Waals surface area contributed by atoms with Crippen LogP contribution in [-0.2, 0) is 19.1 Å². The SMILES string of the molecule is COC(=O)C1CC2(CN1C(=O)OC(C)(C)C)NC(=O)NC2=O. The highest BCUT2D eigenvalue weighted by molar-refractivity contribution is 6.08. The molecule has 4 amide bonds. The molecule has 2 aliphatic heterocycles. The first-order valence-corrected chi connectivity index (χ1v) is 6.79. The maximum absolute atomic E-state index is 12.3. The predicted molar refractivity (Wildman–Crippen MR) is 72.8 cm³/mol. The molecular weight excluding hydrogens is 294 g/mol. The summed E-state index contributed by atoms with van der Waals surface area (Å²) in [5.41, 5.74) is -2.08. The molecule has 0 bridgehead atoms. The van der Waals surface area contributed by atoms with Gasteiger partial charge in [-0.1, -0.05) is 0 Å². The number of hydrogen-bond acceptors (Lipinski definition) is 6. The second-order valence-electron chi connectivity index (χ2n) is 6.34. The number of nitrogens with zero attached hydrogens (tertiary/aromatic N) is 1. The van der Waals surface area contributed by atoms with Gasteiger partial charge < -0.3 is 14.8 Å². The van der Waals surface area contributed by atoms with Crippen LogP contribution in [0.3, 0.4) is 0 Å². The minimum atomic E-state index is -1.33. The first-order chi connectivity index (χ1) is 10.1. The molecule has 0 aromatic heterocycles. The maximum Gasteiger partial charge on any atom is 0.411 e. The van der Waals surface area contributed by atoms with Gasteiger partial charge in [-0.2, -0.15) is 0 Å². The standard InChI is InChI=1S/C13H19N3O6/c1-12(2,3)22-11(20)16-6-13(5-7(16)8(17)21-4)9(18)14-10(19)15-13/h7H,5-6H2,1-4H3,(H2,14,15,18,19). The van der Waals surface area contributed by atoms with Crippen LogP contribution in [0.4, 0.5) is 9.59 Å². The normalized spacial score (nSPS) is 27.6. The lowest BCUT2D eigenvalue weighted by Gasteiger charge is -2.27. The van der Waals surface area contributed by atoms with Gasteiger partial charge in [-0.15, -0.1) is 0 Å². The van der Waals surface area contributed by atoms with Crippen LogP contribution in [0.2, 0.25) is 0 Å². The molecule has 122 valence electrons. The van der Waals surface area contributed by atoms with E-state index in [0.717, 1.165) is 4.90 Å². The molecule has 0 aliphatic carbocycles. The van der Waals surface area contributed by atoms with Gasteiger partial charge in [0, 0.05) is 6.42 Å². The zero-order chi connectivity index (χ0) is 16.7. The van der Waals surface area contributed by atoms with E-state index < -0.39 is 41.2 Å². The van der Waals surface area contributed by atoms with Crippen LogP contribution < -0.4 is 10.6 Å². The summed E-state index contributed by atoms with van der Waals surface area (Å²) in [5.74, 6) is -1.24. The fourth-order valence-electron chi connectivity index (χ4n) is 2.55. The molecule has 2 heterocycles. The Labute approximate surface area is 127 Å². The fraction of sp³-hybridized carbons (Fsp3) is 0.692. The molecule has 0 radical (unpaired) electrons. The molecule has 2 rings (SSSR count). The Kier molecular flexibility index (Phi) is 3.76. The Morgan fingerprint density at radius 3 is 2.41 bits per heavy atom. The van der Waals surface area contributed by atoms with E-state index in [2.05, 4.69) is 15.4 Å². The number of esters is 1. The zero-order valence-corrected chi connectivity index (χ0v) is 12.9. The summed E-state index contributed by atoms with van der Waals surface area (Å²) >= 11 is 0. The van der Waals surface area contributed by atoms with Crippen molar-refractivity contribution in [3.8, 4) is 0 Å². The quantitative estimate of drug-likeness (QED) is 0.509. The van der Waals surface area contributed by atoms with E-state index in [0.29, 0.717) is 0 Å². The van der Waals surface area contributed by atoms with Crippen molar-refractivity contribution in [3.05, 3.63) is 0 Å². The number of hydrogen-bond donors (Lipinski definition) is 2. The lowest BCUT2D eigenvalue weighted by atomic mass is 9.96. The average Bonchev–Trinajstić information content (AvgIpc) is 2.88. The van der Waals surface area contributed by atoms with E-state index in [1.165, 1.54) is 7.11 Å². The van der Waals surface area contributed by atoms with Crippen molar-refractivity contribution >= 4 is 24.0 Å². The lowest BCUT2D eigenvalue weighted by Crippen LogP contribution is -2.50. The van der Waals surface area contributed by atoms with Gasteiger partial charge in [0.25, 0.3) is 5.91 Å². The molecule has 9 heteroatoms. The summed E-state index contributed by atoms with van der Waals surface area (Å²) in [5, 5.41) is 4.59. The van der Waals surface area contributed by atoms with Crippen molar-refractivity contribution in [1.82, 2.24) is 15.5 Å². The Morgan fingerprint density at radius 2 is 1.95 bits per heavy atom. The predicted octanol–water partition coefficient (Wildman–Crippen LogP) is -0.253. The van der Waals surface area contributed by atoms with E-state index >= 15 is 0 Å². The van der Waals surface area contributed by atoms with Crippen LogP contribution >= 0.6 is 0 Å². The van der Waals surface area contributed by atoms with Gasteiger partial charge in [0.1, 0.15) is 17.2 Å². The number of imide groups is 1. The van der Waals surface area contributed by atoms with Gasteiger partial charge in [0.15, 0.2) is 0 Å². The second-order valence-corrected chi connectivity index (χ2v) is 6.34. The molecular formula is C13H19N3O6. The molecule has 2 N–H and O–H groups in total. The first kappa shape index (κ1) is 16.1. The molecule has 0 aromatic rings. The number of amides is 4. The zero-order valence-electron chi connectivity index (χ0n) is 12.9. The van der Waals surface area contributed by atoms with Crippen LogP contribution in [-0.4, -0.2) is 59.7 Å². The van der Waals surface area contributed by atoms with Crippen molar-refractivity contribution in [3.63, 3.8) is 0 Å². The number of likely N-dealkylation sites (tertiary alicyclic amines) is 1. The number of rotatable bonds is 1. The van der Waals surface area contributed by atoms with Crippen LogP contribution in [0, 0.1) is 0 Å². The summed E-state index contributed by atoms with van der Waals surface area (Å²) in [6, 6.07) is -1.65. The largest absolute Gasteiger partial charge is 0.467 e. The highest BCUT2D eigenvalue weighted by Gasteiger charge is 2.58. The Hall–Kier alpha value is -2.32. The third-order valence-electron chi connectivity index (χ3n) is 3.47. The summed E-state index contributed by atoms with van der Waals surface area (Å²) in [6.45, 7) is 4.91. The Morgan fingerprint density at radius 1 is 1.32 bits per heavy atom. The highest BCUT2D eigenvalue weighted by Crippen LogP contribution is 2.31. The van der Waals surface area contributed by atoms with E-state index in [9.17, 15) is 19.2 Å². The van der Waals surface area contributed by atoms with Gasteiger partial charge in [0.2, 0.25) is 0 Å². The van der Waals surface area contributed by atoms with E-state index in [1.807, 2.05) is 0 Å². The van der Waals surface area contributed by atoms with E-state index in [1.54, 1.807) is 20.8 Å². The van der Waals surface area contributed by atoms with Crippen LogP contribution in [0.15, 0.2) is 0 Å². The van der Waals surface area contributed by atoms with Gasteiger partial charge >= 0.3 is 18.1 Å². The molecule has 0 aromatic carbocycles. The number of nitrogens with one attached hydrogen (secondary N) is 2. The minimum Gasteiger partial charge on any atom is -0.467 e. The van der Waals surface area contributed by atoms with Gasteiger partial charge in [0.05, 0.1) is 13.7 Å². The number of urea groups is 1. The van der Waals surface area contributed by atoms with Gasteiger partial charge in [-0.25, -0.2) is 14.4 Å². The summed E-state index contributed by atoms with van der Waals surface area (Å²) in [6.07, 6.45) is -0.801. The van der Waals surface area contributed by atoms with Gasteiger partial charge in [-0.05, 0) is 20.8 Å². The lowest BCUT2D eigenvalue weighted by molar-refractivity contribution is -0.145. The molecule has 2 atom stereocenters. The summed E-state index contributed by atoms with van der Waals surface area (Å²) < 4.78 is 9.92. The maximum atomic E-state index is 12.3. The van der Waals surface area contributed by atoms with E-state index in [-0.39, 0.29) is 13.0 Å². The monoisotopic (exact) mass is 313 g/mol. The van der Waals surface area contributed by atoms with Crippen LogP contribution in [0.25, 0.3) is 0 Å². The molecule has 2 fully saturated rings. The second kappa shape index (κ2) is 5.15. The number of carbonyl (C=O) groups excluding carboxylic acids is 4. The first-order valence-electron chi connectivity index (χ1n) is 6.79. The number of ether oxygens (including phenoxy) is 2. The smallest absolute Gasteiger partial charge is 0.411 e. The molecule has 1 spiro atoms. The van der Waals surface area contributed by atoms with Crippen LogP contribution in [0.1, 0.15) is 27.2 Å². The minimum absolute atomic E-state index is 0.0590. The molecule has 2 unspecified atom stereocenters. The van der Waals surface area contributed by atoms with Crippen molar-refractivity contribution in [1.29, 1.82) is 0 Å². The third-order valence-corrected chi connectivity index (χ3v) is 3.47. The molecule has 0 saturated carbocycles. The Balaban J connectivity index is 2.27. The number of carbonyl (C=O) groups is 4. The number of methoxy groups -OCH3 is 1. The van der Waals surface area contributed by atoms with Gasteiger partial charge in [-0.3, -0.25) is 15.0 Å². The fourth-order valence-corrected chi connectivity index (χ4v) is 2.55. The highest BCUT2D eigenvalue weighted by atomic mass is 16.6. The Bertz CT molecular complexity index is 540. The summed E-state index contributed by atoms with van der Waals surface area (Å²) in [4.78, 5) is 48.7. The molecule has 22 heavy (non-hydrogen) atoms. The average molecular weight is 313 g/mol.